The van der Waals surface area contributed by atoms with Crippen LogP contribution in [0.4, 0.5) is 45.1 Å². The number of carbonyl (C=O) groups is 1. The Morgan fingerprint density at radius 3 is 1.01 bits per heavy atom. The van der Waals surface area contributed by atoms with Gasteiger partial charge >= 0.3 is 6.09 Å². The molecule has 8 aromatic rings. The lowest BCUT2D eigenvalue weighted by Crippen LogP contribution is -2.41. The zero-order valence-electron chi connectivity index (χ0n) is 62.3. The largest absolute Gasteiger partial charge is 0.444 e. The molecule has 8 aromatic carbocycles. The number of nitrogens with zero attached hydrogens (tertiary/aromatic N) is 4. The van der Waals surface area contributed by atoms with E-state index in [4.69, 9.17) is 26.9 Å². The third-order valence-corrected chi connectivity index (χ3v) is 25.4. The molecule has 0 saturated carbocycles. The van der Waals surface area contributed by atoms with Crippen molar-refractivity contribution in [2.45, 2.75) is 121 Å². The van der Waals surface area contributed by atoms with E-state index in [1.807, 2.05) is 20.8 Å². The van der Waals surface area contributed by atoms with E-state index in [0.29, 0.717) is 34.6 Å². The number of nitrogens with one attached hydrogen (secondary N) is 6. The summed E-state index contributed by atoms with van der Waals surface area (Å²) in [5.41, 5.74) is 10.2. The van der Waals surface area contributed by atoms with Gasteiger partial charge in [-0.15, -0.1) is 0 Å². The van der Waals surface area contributed by atoms with Crippen LogP contribution in [0, 0.1) is 63.7 Å². The van der Waals surface area contributed by atoms with Crippen molar-refractivity contribution in [3.63, 3.8) is 0 Å². The molecule has 1 amide bonds. The van der Waals surface area contributed by atoms with E-state index in [1.165, 1.54) is 97.1 Å². The highest BCUT2D eigenvalue weighted by atomic mass is 79.9. The van der Waals surface area contributed by atoms with Crippen molar-refractivity contribution in [3.05, 3.63) is 274 Å². The van der Waals surface area contributed by atoms with Crippen LogP contribution in [0.1, 0.15) is 109 Å². The van der Waals surface area contributed by atoms with E-state index in [2.05, 4.69) is 92.6 Å². The summed E-state index contributed by atoms with van der Waals surface area (Å²) in [7, 11) is -14.6. The number of halogens is 9. The van der Waals surface area contributed by atoms with Crippen LogP contribution in [-0.2, 0) is 65.8 Å². The van der Waals surface area contributed by atoms with Crippen molar-refractivity contribution < 1.29 is 88.9 Å². The first kappa shape index (κ1) is 101. The molecule has 0 unspecified atom stereocenters. The second kappa shape index (κ2) is 43.9. The second-order valence-electron chi connectivity index (χ2n) is 26.8. The Bertz CT molecular complexity index is 5340. The third kappa shape index (κ3) is 32.9. The molecular weight excluding hydrogens is 1940 g/mol. The minimum atomic E-state index is -4.32. The van der Waals surface area contributed by atoms with Crippen LogP contribution < -0.4 is 40.4 Å². The number of nitrogens with two attached hydrogens (primary N) is 2. The predicted molar refractivity (Wildman–Crippen MR) is 443 cm³/mol. The van der Waals surface area contributed by atoms with Gasteiger partial charge in [-0.25, -0.2) is 88.1 Å². The summed E-state index contributed by atoms with van der Waals surface area (Å²) in [5.74, 6) is -2.03. The normalized spacial score (nSPS) is 13.4. The molecule has 0 heterocycles. The summed E-state index contributed by atoms with van der Waals surface area (Å²) >= 11 is 12.7. The van der Waals surface area contributed by atoms with Crippen LogP contribution in [0.2, 0.25) is 0 Å². The van der Waals surface area contributed by atoms with Crippen LogP contribution in [0.5, 0.6) is 0 Å². The maximum Gasteiger partial charge on any atom is 0.408 e. The Hall–Kier alpha value is -7.62. The molecule has 632 valence electrons. The van der Waals surface area contributed by atoms with Gasteiger partial charge in [0.25, 0.3) is 31.8 Å². The quantitative estimate of drug-likeness (QED) is 0.0103. The molecule has 8 rings (SSSR count). The third-order valence-electron chi connectivity index (χ3n) is 14.5. The molecule has 0 aliphatic heterocycles. The first-order chi connectivity index (χ1) is 53.5. The van der Waals surface area contributed by atoms with Crippen LogP contribution in [0.3, 0.4) is 0 Å². The second-order valence-corrected chi connectivity index (χ2v) is 42.2. The van der Waals surface area contributed by atoms with Crippen LogP contribution in [0.15, 0.2) is 207 Å². The van der Waals surface area contributed by atoms with Crippen molar-refractivity contribution in [1.29, 1.82) is 0 Å². The summed E-state index contributed by atoms with van der Waals surface area (Å²) in [5, 5.41) is 46.1. The molecule has 47 heteroatoms. The molecule has 6 atom stereocenters. The van der Waals surface area contributed by atoms with Crippen molar-refractivity contribution in [3.8, 4) is 0 Å². The number of nitro groups is 4. The Morgan fingerprint density at radius 1 is 0.448 bits per heavy atom. The number of benzene rings is 8. The average molecular weight is 2020 g/mol. The highest BCUT2D eigenvalue weighted by Crippen LogP contribution is 2.31. The summed E-state index contributed by atoms with van der Waals surface area (Å²) in [4.78, 5) is 50.7. The maximum atomic E-state index is 13.9. The number of carbonyl (C=O) groups excluding carboxylic acids is 1. The van der Waals surface area contributed by atoms with Crippen LogP contribution in [-0.4, -0.2) is 109 Å². The Labute approximate surface area is 708 Å². The summed E-state index contributed by atoms with van der Waals surface area (Å²) in [6.45, 7) is 15.0. The first-order valence-corrected chi connectivity index (χ1v) is 45.2. The molecular formula is C69H77Br4ClF4N12O20S6. The van der Waals surface area contributed by atoms with E-state index >= 15 is 0 Å². The molecule has 0 saturated heterocycles. The number of nitro benzene ring substituents is 4. The van der Waals surface area contributed by atoms with Gasteiger partial charge < -0.3 is 21.5 Å². The lowest BCUT2D eigenvalue weighted by Gasteiger charge is -2.25. The lowest BCUT2D eigenvalue weighted by atomic mass is 10.1. The summed E-state index contributed by atoms with van der Waals surface area (Å²) < 4.78 is 195. The van der Waals surface area contributed by atoms with Gasteiger partial charge in [-0.05, 0) is 182 Å². The monoisotopic (exact) mass is 2010 g/mol. The maximum absolute atomic E-state index is 13.9. The van der Waals surface area contributed by atoms with Crippen molar-refractivity contribution in [2.75, 3.05) is 26.2 Å². The topological polar surface area (TPSA) is 494 Å². The van der Waals surface area contributed by atoms with E-state index in [-0.39, 0.29) is 37.1 Å². The Morgan fingerprint density at radius 2 is 0.716 bits per heavy atom. The van der Waals surface area contributed by atoms with Crippen molar-refractivity contribution in [1.82, 2.24) is 28.9 Å². The van der Waals surface area contributed by atoms with Gasteiger partial charge in [-0.1, -0.05) is 112 Å². The number of para-hydroxylation sites is 4. The number of sulfonamides is 3. The minimum absolute atomic E-state index is 0.246. The molecule has 0 aromatic heterocycles. The number of hydrogen-bond donors (Lipinski definition) is 8. The van der Waals surface area contributed by atoms with Gasteiger partial charge in [0, 0.05) is 85.1 Å². The molecule has 116 heavy (non-hydrogen) atoms. The van der Waals surface area contributed by atoms with E-state index < -0.39 is 186 Å². The molecule has 0 aliphatic rings. The number of ether oxygens (including phenoxy) is 1. The van der Waals surface area contributed by atoms with Gasteiger partial charge in [0.1, 0.15) is 28.9 Å². The van der Waals surface area contributed by atoms with Crippen LogP contribution >= 0.6 is 74.4 Å². The van der Waals surface area contributed by atoms with Gasteiger partial charge in [0.2, 0.25) is 30.1 Å². The van der Waals surface area contributed by atoms with Crippen molar-refractivity contribution >= 4 is 164 Å². The van der Waals surface area contributed by atoms with E-state index in [1.54, 1.807) is 59.7 Å². The van der Waals surface area contributed by atoms with Crippen molar-refractivity contribution in [2.24, 2.45) is 11.5 Å². The highest BCUT2D eigenvalue weighted by Gasteiger charge is 2.33. The molecule has 0 aliphatic carbocycles. The zero-order valence-corrected chi connectivity index (χ0v) is 74.3. The molecule has 0 fully saturated rings. The van der Waals surface area contributed by atoms with Crippen LogP contribution in [0.25, 0.3) is 0 Å². The average Bonchev–Trinajstić information content (AvgIpc) is 0.818. The van der Waals surface area contributed by atoms with Gasteiger partial charge in [0.05, 0.1) is 69.3 Å². The van der Waals surface area contributed by atoms with E-state index in [0.717, 1.165) is 54.6 Å². The summed E-state index contributed by atoms with van der Waals surface area (Å²) in [6.07, 6.45) is -0.845. The SMILES string of the molecule is CC(C)(C)OC(=O)N[C@H](CNS(=O)(=O)c1ccccc1[N+](=O)[O-])c1cc(F)cc(Br)c1.CC(C)(C)[S@](=O)N[C@H](CN)c1cc(F)cc(Br)c1.CC(C)(C)[S@](=O)N[C@H](CNS(=O)(=O)c1ccccc1[N+](=O)[O-])c1cc(F)cc(Br)c1.N[C@H](CNS(=O)(=O)c1ccccc1[N+](=O)[O-])c1cc(F)cc(Br)c1.O=[N+]([O-])c1ccccc1S(=O)(=O)Cl. The number of rotatable bonds is 27. The van der Waals surface area contributed by atoms with Gasteiger partial charge in [0.15, 0.2) is 19.6 Å². The molecule has 0 radical (unpaired) electrons. The smallest absolute Gasteiger partial charge is 0.408 e. The predicted octanol–water partition coefficient (Wildman–Crippen LogP) is 14.2. The van der Waals surface area contributed by atoms with Gasteiger partial charge in [-0.2, -0.15) is 0 Å². The number of hydrogen-bond acceptors (Lipinski definition) is 22. The molecule has 10 N–H and O–H groups in total. The van der Waals surface area contributed by atoms with Gasteiger partial charge in [-0.3, -0.25) is 40.5 Å². The Balaban J connectivity index is 0.000000314. The molecule has 32 nitrogen and oxygen atoms in total. The fraction of sp³-hybridized carbons (Fsp3) is 0.290. The fourth-order valence-corrected chi connectivity index (χ4v) is 17.5. The highest BCUT2D eigenvalue weighted by molar-refractivity contribution is 9.11. The molecule has 0 spiro atoms. The number of amides is 1. The lowest BCUT2D eigenvalue weighted by molar-refractivity contribution is -0.388. The minimum Gasteiger partial charge on any atom is -0.444 e. The summed E-state index contributed by atoms with van der Waals surface area (Å²) in [6, 6.07) is 33.0. The zero-order chi connectivity index (χ0) is 88.0. The first-order valence-electron chi connectivity index (χ1n) is 33.0. The fourth-order valence-electron chi connectivity index (χ4n) is 9.17. The number of alkyl carbamates (subject to hydrolysis) is 1. The van der Waals surface area contributed by atoms with E-state index in [9.17, 15) is 105 Å². The Kier molecular flexibility index (Phi) is 38.1. The standard InChI is InChI=1S/C19H21BrFN3O6S.C18H21BrFN3O5S2.C14H13BrFN3O4S.C12H18BrFN2OS.C6H4ClNO4S/c1-19(2,3)30-18(25)23-15(12-8-13(20)10-14(21)9-12)11-22-31(28,29)17-7-5-4-6-16(17)24(26)27;1-18(2,3)29(26)22-15(12-8-13(19)10-14(20)9-12)11-21-30(27,28)17-7-5-4-6-16(17)23(24)25;15-10-5-9(6-11(16)7-10)12(17)8-18-24(22,23)14-4-2-1-3-13(14)19(20)21;1-12(2,3)18(17)16-11(7-15)8-4-9(13)6-10(14)5-8;7-13(11,12)6-4-2-1-3-5(6)8(9)10/h4-10,15,22H,11H2,1-3H3,(H,23,25);4-10,15,21-22H,11H2,1-3H3;1-7,12,18H,8,17H2;4-6,11,16H,7,15H2,1-3H3;1-4H/t15-;15-,29+;12-;11-,18+;/m1111./s1. The molecule has 0 bridgehead atoms.